The third kappa shape index (κ3) is 2.74. The number of hydrogen-bond acceptors (Lipinski definition) is 4. The molecule has 1 aromatic carbocycles. The summed E-state index contributed by atoms with van der Waals surface area (Å²) >= 11 is 1.52. The summed E-state index contributed by atoms with van der Waals surface area (Å²) in [5.41, 5.74) is 0.860. The van der Waals surface area contributed by atoms with Gasteiger partial charge in [-0.15, -0.1) is 11.3 Å². The molecule has 0 spiro atoms. The summed E-state index contributed by atoms with van der Waals surface area (Å²) in [6.45, 7) is 1.96. The second kappa shape index (κ2) is 5.14. The zero-order valence-electron chi connectivity index (χ0n) is 9.61. The van der Waals surface area contributed by atoms with Gasteiger partial charge in [0.05, 0.1) is 13.2 Å². The summed E-state index contributed by atoms with van der Waals surface area (Å²) in [6, 6.07) is 4.95. The van der Waals surface area contributed by atoms with Crippen LogP contribution in [0.2, 0.25) is 0 Å². The number of nitrogens with one attached hydrogen (secondary N) is 1. The Morgan fingerprint density at radius 2 is 2.29 bits per heavy atom. The van der Waals surface area contributed by atoms with Gasteiger partial charge in [-0.05, 0) is 24.6 Å². The van der Waals surface area contributed by atoms with E-state index in [0.29, 0.717) is 0 Å². The number of ether oxygens (including phenoxy) is 1. The van der Waals surface area contributed by atoms with E-state index in [0.717, 1.165) is 10.7 Å². The Kier molecular flexibility index (Phi) is 3.58. The molecule has 1 heterocycles. The summed E-state index contributed by atoms with van der Waals surface area (Å²) in [5.74, 6) is -0.0898. The lowest BCUT2D eigenvalue weighted by atomic mass is 10.1. The highest BCUT2D eigenvalue weighted by atomic mass is 32.1. The number of rotatable bonds is 4. The topological polar surface area (TPSA) is 34.1 Å². The third-order valence-electron chi connectivity index (χ3n) is 2.45. The molecule has 2 aromatic rings. The fourth-order valence-electron chi connectivity index (χ4n) is 1.52. The van der Waals surface area contributed by atoms with Gasteiger partial charge in [-0.1, -0.05) is 6.07 Å². The van der Waals surface area contributed by atoms with E-state index in [9.17, 15) is 4.39 Å². The Balaban J connectivity index is 2.14. The molecule has 1 N–H and O–H groups in total. The van der Waals surface area contributed by atoms with E-state index in [4.69, 9.17) is 4.74 Å². The van der Waals surface area contributed by atoms with Crippen molar-refractivity contribution in [2.45, 2.75) is 13.0 Å². The Morgan fingerprint density at radius 3 is 2.88 bits per heavy atom. The molecule has 1 aromatic heterocycles. The zero-order valence-corrected chi connectivity index (χ0v) is 10.4. The maximum Gasteiger partial charge on any atom is 0.183 e. The van der Waals surface area contributed by atoms with Crippen molar-refractivity contribution in [2.75, 3.05) is 12.4 Å². The second-order valence-electron chi connectivity index (χ2n) is 3.60. The van der Waals surface area contributed by atoms with Crippen molar-refractivity contribution in [3.8, 4) is 5.75 Å². The average Bonchev–Trinajstić information content (AvgIpc) is 2.81. The van der Waals surface area contributed by atoms with E-state index in [-0.39, 0.29) is 17.6 Å². The normalized spacial score (nSPS) is 12.2. The minimum Gasteiger partial charge on any atom is -0.494 e. The van der Waals surface area contributed by atoms with Crippen LogP contribution in [0.5, 0.6) is 5.75 Å². The number of methoxy groups -OCH3 is 1. The van der Waals surface area contributed by atoms with Crippen LogP contribution >= 0.6 is 11.3 Å². The van der Waals surface area contributed by atoms with Crippen molar-refractivity contribution >= 4 is 16.5 Å². The summed E-state index contributed by atoms with van der Waals surface area (Å²) in [6.07, 6.45) is 1.73. The largest absolute Gasteiger partial charge is 0.494 e. The van der Waals surface area contributed by atoms with Crippen molar-refractivity contribution in [2.24, 2.45) is 0 Å². The first kappa shape index (κ1) is 11.9. The van der Waals surface area contributed by atoms with Crippen LogP contribution in [0.15, 0.2) is 29.8 Å². The highest BCUT2D eigenvalue weighted by Crippen LogP contribution is 2.24. The molecule has 0 aliphatic heterocycles. The molecule has 0 saturated carbocycles. The molecule has 0 aliphatic rings. The first-order valence-electron chi connectivity index (χ1n) is 5.20. The number of nitrogens with zero attached hydrogens (tertiary/aromatic N) is 1. The monoisotopic (exact) mass is 252 g/mol. The molecule has 1 atom stereocenters. The standard InChI is InChI=1S/C12H13FN2OS/c1-8(15-12-14-5-6-17-12)9-3-4-11(16-2)10(13)7-9/h3-8H,1-2H3,(H,14,15). The van der Waals surface area contributed by atoms with Gasteiger partial charge in [0.25, 0.3) is 0 Å². The van der Waals surface area contributed by atoms with Gasteiger partial charge in [-0.2, -0.15) is 0 Å². The van der Waals surface area contributed by atoms with Crippen LogP contribution in [0.4, 0.5) is 9.52 Å². The van der Waals surface area contributed by atoms with Crippen LogP contribution in [-0.2, 0) is 0 Å². The summed E-state index contributed by atoms with van der Waals surface area (Å²) < 4.78 is 18.4. The number of thiazole rings is 1. The van der Waals surface area contributed by atoms with E-state index in [1.165, 1.54) is 24.5 Å². The van der Waals surface area contributed by atoms with Crippen molar-refractivity contribution in [1.29, 1.82) is 0 Å². The van der Waals surface area contributed by atoms with Gasteiger partial charge in [0.2, 0.25) is 0 Å². The molecule has 3 nitrogen and oxygen atoms in total. The predicted octanol–water partition coefficient (Wildman–Crippen LogP) is 3.46. The third-order valence-corrected chi connectivity index (χ3v) is 3.15. The van der Waals surface area contributed by atoms with E-state index in [2.05, 4.69) is 10.3 Å². The Bertz CT molecular complexity index is 487. The van der Waals surface area contributed by atoms with Crippen molar-refractivity contribution < 1.29 is 9.13 Å². The molecule has 0 radical (unpaired) electrons. The van der Waals surface area contributed by atoms with Crippen LogP contribution in [0.25, 0.3) is 0 Å². The first-order valence-corrected chi connectivity index (χ1v) is 6.08. The number of aromatic nitrogens is 1. The zero-order chi connectivity index (χ0) is 12.3. The quantitative estimate of drug-likeness (QED) is 0.904. The van der Waals surface area contributed by atoms with Crippen LogP contribution in [-0.4, -0.2) is 12.1 Å². The molecule has 0 saturated heterocycles. The number of anilines is 1. The lowest BCUT2D eigenvalue weighted by molar-refractivity contribution is 0.386. The molecule has 5 heteroatoms. The van der Waals surface area contributed by atoms with Gasteiger partial charge in [-0.3, -0.25) is 0 Å². The molecular weight excluding hydrogens is 239 g/mol. The number of benzene rings is 1. The van der Waals surface area contributed by atoms with Crippen molar-refractivity contribution in [3.05, 3.63) is 41.2 Å². The highest BCUT2D eigenvalue weighted by molar-refractivity contribution is 7.13. The minimum atomic E-state index is -0.349. The maximum absolute atomic E-state index is 13.5. The smallest absolute Gasteiger partial charge is 0.183 e. The highest BCUT2D eigenvalue weighted by Gasteiger charge is 2.10. The fourth-order valence-corrected chi connectivity index (χ4v) is 2.13. The Morgan fingerprint density at radius 1 is 1.47 bits per heavy atom. The van der Waals surface area contributed by atoms with Crippen molar-refractivity contribution in [1.82, 2.24) is 4.98 Å². The lowest BCUT2D eigenvalue weighted by Gasteiger charge is -2.14. The van der Waals surface area contributed by atoms with Gasteiger partial charge < -0.3 is 10.1 Å². The van der Waals surface area contributed by atoms with Gasteiger partial charge >= 0.3 is 0 Å². The predicted molar refractivity (Wildman–Crippen MR) is 67.1 cm³/mol. The number of hydrogen-bond donors (Lipinski definition) is 1. The van der Waals surface area contributed by atoms with Crippen LogP contribution in [0.3, 0.4) is 0 Å². The maximum atomic E-state index is 13.5. The molecule has 90 valence electrons. The molecule has 0 fully saturated rings. The average molecular weight is 252 g/mol. The summed E-state index contributed by atoms with van der Waals surface area (Å²) in [5, 5.41) is 5.92. The molecule has 0 bridgehead atoms. The molecule has 0 amide bonds. The Hall–Kier alpha value is -1.62. The van der Waals surface area contributed by atoms with Gasteiger partial charge in [0, 0.05) is 11.6 Å². The summed E-state index contributed by atoms with van der Waals surface area (Å²) in [4.78, 5) is 4.13. The van der Waals surface area contributed by atoms with Gasteiger partial charge in [0.15, 0.2) is 16.7 Å². The second-order valence-corrected chi connectivity index (χ2v) is 4.49. The fraction of sp³-hybridized carbons (Fsp3) is 0.250. The lowest BCUT2D eigenvalue weighted by Crippen LogP contribution is -2.06. The van der Waals surface area contributed by atoms with E-state index in [1.807, 2.05) is 18.4 Å². The van der Waals surface area contributed by atoms with E-state index >= 15 is 0 Å². The minimum absolute atomic E-state index is 0.00144. The molecule has 2 rings (SSSR count). The van der Waals surface area contributed by atoms with Crippen molar-refractivity contribution in [3.63, 3.8) is 0 Å². The van der Waals surface area contributed by atoms with E-state index in [1.54, 1.807) is 12.3 Å². The molecule has 1 unspecified atom stereocenters. The molecular formula is C12H13FN2OS. The molecule has 0 aliphatic carbocycles. The SMILES string of the molecule is COc1ccc(C(C)Nc2nccs2)cc1F. The van der Waals surface area contributed by atoms with Gasteiger partial charge in [0.1, 0.15) is 0 Å². The summed E-state index contributed by atoms with van der Waals surface area (Å²) in [7, 11) is 1.45. The molecule has 17 heavy (non-hydrogen) atoms. The van der Waals surface area contributed by atoms with Crippen LogP contribution < -0.4 is 10.1 Å². The van der Waals surface area contributed by atoms with Crippen LogP contribution in [0, 0.1) is 5.82 Å². The van der Waals surface area contributed by atoms with Crippen LogP contribution in [0.1, 0.15) is 18.5 Å². The van der Waals surface area contributed by atoms with E-state index < -0.39 is 0 Å². The van der Waals surface area contributed by atoms with Gasteiger partial charge in [-0.25, -0.2) is 9.37 Å². The number of halogens is 1. The first-order chi connectivity index (χ1) is 8.20. The Labute approximate surface area is 103 Å².